The molecule has 144 valence electrons. The number of hydrogen-bond donors (Lipinski definition) is 1. The van der Waals surface area contributed by atoms with Crippen LogP contribution in [0.15, 0.2) is 48.5 Å². The minimum absolute atomic E-state index is 0.0889. The summed E-state index contributed by atoms with van der Waals surface area (Å²) in [5.41, 5.74) is 1.84. The number of amides is 2. The highest BCUT2D eigenvalue weighted by atomic mass is 19.1. The topological polar surface area (TPSA) is 44.8 Å². The summed E-state index contributed by atoms with van der Waals surface area (Å²) in [5.74, 6) is 0.571. The molecule has 1 aliphatic rings. The summed E-state index contributed by atoms with van der Waals surface area (Å²) < 4.78 is 18.6. The van der Waals surface area contributed by atoms with Gasteiger partial charge in [-0.2, -0.15) is 0 Å². The Bertz CT molecular complexity index is 739. The average molecular weight is 371 g/mol. The maximum Gasteiger partial charge on any atom is 0.321 e. The van der Waals surface area contributed by atoms with Gasteiger partial charge in [0, 0.05) is 38.4 Å². The number of halogens is 1. The molecule has 5 nitrogen and oxygen atoms in total. The summed E-state index contributed by atoms with van der Waals surface area (Å²) in [6, 6.07) is 13.9. The van der Waals surface area contributed by atoms with Gasteiger partial charge in [0.15, 0.2) is 0 Å². The van der Waals surface area contributed by atoms with Crippen molar-refractivity contribution in [2.24, 2.45) is 0 Å². The molecule has 1 saturated heterocycles. The third-order valence-corrected chi connectivity index (χ3v) is 4.46. The first-order valence-corrected chi connectivity index (χ1v) is 9.29. The lowest BCUT2D eigenvalue weighted by Crippen LogP contribution is -2.49. The Morgan fingerprint density at radius 2 is 1.67 bits per heavy atom. The Morgan fingerprint density at radius 3 is 2.26 bits per heavy atom. The van der Waals surface area contributed by atoms with E-state index in [2.05, 4.69) is 10.2 Å². The first kappa shape index (κ1) is 19.2. The quantitative estimate of drug-likeness (QED) is 0.865. The number of carbonyl (C=O) groups is 1. The molecule has 0 saturated carbocycles. The van der Waals surface area contributed by atoms with Gasteiger partial charge < -0.3 is 15.0 Å². The van der Waals surface area contributed by atoms with Crippen molar-refractivity contribution >= 4 is 11.7 Å². The zero-order valence-electron chi connectivity index (χ0n) is 15.8. The van der Waals surface area contributed by atoms with Gasteiger partial charge in [0.05, 0.1) is 6.10 Å². The minimum atomic E-state index is -0.218. The molecule has 2 amide bonds. The number of hydrogen-bond acceptors (Lipinski definition) is 3. The van der Waals surface area contributed by atoms with Crippen molar-refractivity contribution in [3.8, 4) is 5.75 Å². The van der Waals surface area contributed by atoms with E-state index in [1.54, 1.807) is 12.1 Å². The molecule has 0 spiro atoms. The van der Waals surface area contributed by atoms with Gasteiger partial charge in [0.25, 0.3) is 0 Å². The molecule has 3 rings (SSSR count). The predicted molar refractivity (Wildman–Crippen MR) is 104 cm³/mol. The van der Waals surface area contributed by atoms with E-state index in [-0.39, 0.29) is 18.0 Å². The number of benzene rings is 2. The fraction of sp³-hybridized carbons (Fsp3) is 0.381. The van der Waals surface area contributed by atoms with E-state index >= 15 is 0 Å². The highest BCUT2D eigenvalue weighted by Crippen LogP contribution is 2.18. The molecule has 0 aromatic heterocycles. The third kappa shape index (κ3) is 5.69. The van der Waals surface area contributed by atoms with Gasteiger partial charge in [0.2, 0.25) is 0 Å². The number of rotatable bonds is 5. The zero-order valence-corrected chi connectivity index (χ0v) is 15.8. The summed E-state index contributed by atoms with van der Waals surface area (Å²) in [5, 5.41) is 2.93. The second-order valence-electron chi connectivity index (χ2n) is 7.01. The first-order chi connectivity index (χ1) is 13.0. The Labute approximate surface area is 159 Å². The van der Waals surface area contributed by atoms with E-state index in [4.69, 9.17) is 4.74 Å². The van der Waals surface area contributed by atoms with Gasteiger partial charge in [-0.05, 0) is 55.8 Å². The van der Waals surface area contributed by atoms with Gasteiger partial charge >= 0.3 is 6.03 Å². The third-order valence-electron chi connectivity index (χ3n) is 4.46. The monoisotopic (exact) mass is 371 g/mol. The maximum atomic E-state index is 13.0. The summed E-state index contributed by atoms with van der Waals surface area (Å²) in [4.78, 5) is 16.5. The minimum Gasteiger partial charge on any atom is -0.491 e. The van der Waals surface area contributed by atoms with Crippen LogP contribution in [0, 0.1) is 5.82 Å². The molecule has 0 aliphatic carbocycles. The fourth-order valence-corrected chi connectivity index (χ4v) is 3.05. The van der Waals surface area contributed by atoms with Crippen molar-refractivity contribution < 1.29 is 13.9 Å². The molecule has 0 radical (unpaired) electrons. The molecule has 0 unspecified atom stereocenters. The number of carbonyl (C=O) groups excluding carboxylic acids is 1. The lowest BCUT2D eigenvalue weighted by atomic mass is 10.2. The van der Waals surface area contributed by atoms with Crippen molar-refractivity contribution in [1.82, 2.24) is 9.80 Å². The van der Waals surface area contributed by atoms with Gasteiger partial charge in [-0.15, -0.1) is 0 Å². The highest BCUT2D eigenvalue weighted by molar-refractivity contribution is 5.89. The van der Waals surface area contributed by atoms with Crippen LogP contribution in [0.5, 0.6) is 5.75 Å². The van der Waals surface area contributed by atoms with Gasteiger partial charge in [-0.25, -0.2) is 9.18 Å². The molecule has 6 heteroatoms. The average Bonchev–Trinajstić information content (AvgIpc) is 2.65. The predicted octanol–water partition coefficient (Wildman–Crippen LogP) is 3.96. The second-order valence-corrected chi connectivity index (χ2v) is 7.01. The lowest BCUT2D eigenvalue weighted by Gasteiger charge is -2.34. The van der Waals surface area contributed by atoms with Gasteiger partial charge in [-0.3, -0.25) is 4.90 Å². The van der Waals surface area contributed by atoms with Crippen molar-refractivity contribution in [1.29, 1.82) is 0 Å². The van der Waals surface area contributed by atoms with Crippen molar-refractivity contribution in [3.63, 3.8) is 0 Å². The van der Waals surface area contributed by atoms with Crippen molar-refractivity contribution in [2.45, 2.75) is 26.5 Å². The van der Waals surface area contributed by atoms with Crippen LogP contribution in [-0.2, 0) is 6.54 Å². The molecule has 2 aromatic rings. The molecule has 1 aliphatic heterocycles. The smallest absolute Gasteiger partial charge is 0.321 e. The number of ether oxygens (including phenoxy) is 1. The second kappa shape index (κ2) is 8.86. The van der Waals surface area contributed by atoms with Crippen LogP contribution in [0.25, 0.3) is 0 Å². The lowest BCUT2D eigenvalue weighted by molar-refractivity contribution is 0.143. The van der Waals surface area contributed by atoms with Crippen molar-refractivity contribution in [3.05, 3.63) is 59.9 Å². The Kier molecular flexibility index (Phi) is 6.29. The van der Waals surface area contributed by atoms with Crippen LogP contribution in [-0.4, -0.2) is 48.1 Å². The summed E-state index contributed by atoms with van der Waals surface area (Å²) in [7, 11) is 0. The van der Waals surface area contributed by atoms with Crippen LogP contribution in [0.2, 0.25) is 0 Å². The normalized spacial score (nSPS) is 15.0. The number of piperazine rings is 1. The molecule has 27 heavy (non-hydrogen) atoms. The molecule has 2 aromatic carbocycles. The number of nitrogens with one attached hydrogen (secondary N) is 1. The van der Waals surface area contributed by atoms with Crippen LogP contribution in [0.4, 0.5) is 14.9 Å². The fourth-order valence-electron chi connectivity index (χ4n) is 3.05. The van der Waals surface area contributed by atoms with Gasteiger partial charge in [0.1, 0.15) is 11.6 Å². The summed E-state index contributed by atoms with van der Waals surface area (Å²) in [6.45, 7) is 7.66. The van der Waals surface area contributed by atoms with Crippen molar-refractivity contribution in [2.75, 3.05) is 31.5 Å². The molecule has 0 atom stereocenters. The Balaban J connectivity index is 1.46. The molecule has 1 fully saturated rings. The van der Waals surface area contributed by atoms with E-state index < -0.39 is 0 Å². The van der Waals surface area contributed by atoms with Crippen LogP contribution in [0.3, 0.4) is 0 Å². The van der Waals surface area contributed by atoms with Gasteiger partial charge in [-0.1, -0.05) is 12.1 Å². The largest absolute Gasteiger partial charge is 0.491 e. The summed E-state index contributed by atoms with van der Waals surface area (Å²) >= 11 is 0. The first-order valence-electron chi connectivity index (χ1n) is 9.29. The van der Waals surface area contributed by atoms with E-state index in [1.807, 2.05) is 43.0 Å². The van der Waals surface area contributed by atoms with E-state index in [0.717, 1.165) is 36.6 Å². The Hall–Kier alpha value is -2.60. The Morgan fingerprint density at radius 1 is 1.04 bits per heavy atom. The molecule has 0 bridgehead atoms. The molecular weight excluding hydrogens is 345 g/mol. The molecular formula is C21H26FN3O2. The van der Waals surface area contributed by atoms with Crippen LogP contribution in [0.1, 0.15) is 19.4 Å². The SMILES string of the molecule is CC(C)Oc1ccc(NC(=O)N2CCN(Cc3ccc(F)cc3)CC2)cc1. The number of nitrogens with zero attached hydrogens (tertiary/aromatic N) is 2. The zero-order chi connectivity index (χ0) is 19.2. The molecule has 1 heterocycles. The number of urea groups is 1. The van der Waals surface area contributed by atoms with Crippen LogP contribution < -0.4 is 10.1 Å². The summed E-state index contributed by atoms with van der Waals surface area (Å²) in [6.07, 6.45) is 0.122. The van der Waals surface area contributed by atoms with E-state index in [0.29, 0.717) is 13.1 Å². The molecule has 1 N–H and O–H groups in total. The standard InChI is InChI=1S/C21H26FN3O2/c1-16(2)27-20-9-7-19(8-10-20)23-21(26)25-13-11-24(12-14-25)15-17-3-5-18(22)6-4-17/h3-10,16H,11-15H2,1-2H3,(H,23,26). The highest BCUT2D eigenvalue weighted by Gasteiger charge is 2.21. The van der Waals surface area contributed by atoms with E-state index in [9.17, 15) is 9.18 Å². The van der Waals surface area contributed by atoms with Crippen LogP contribution >= 0.6 is 0 Å². The maximum absolute atomic E-state index is 13.0. The van der Waals surface area contributed by atoms with E-state index in [1.165, 1.54) is 12.1 Å². The number of anilines is 1.